The molecule has 3 rings (SSSR count). The van der Waals surface area contributed by atoms with Gasteiger partial charge in [0.1, 0.15) is 23.3 Å². The molecule has 0 radical (unpaired) electrons. The lowest BCUT2D eigenvalue weighted by Crippen LogP contribution is -2.13. The molecule has 1 aliphatic carbocycles. The van der Waals surface area contributed by atoms with Gasteiger partial charge in [-0.05, 0) is 66.8 Å². The highest BCUT2D eigenvalue weighted by atomic mass is 19.4. The Bertz CT molecular complexity index is 928. The third-order valence-corrected chi connectivity index (χ3v) is 5.89. The quantitative estimate of drug-likeness (QED) is 0.405. The van der Waals surface area contributed by atoms with Crippen LogP contribution in [0.4, 0.5) is 30.7 Å². The van der Waals surface area contributed by atoms with Crippen LogP contribution in [-0.2, 0) is 0 Å². The van der Waals surface area contributed by atoms with Crippen LogP contribution >= 0.6 is 0 Å². The second kappa shape index (κ2) is 9.45. The Morgan fingerprint density at radius 3 is 2.06 bits per heavy atom. The first kappa shape index (κ1) is 23.4. The van der Waals surface area contributed by atoms with E-state index in [1.165, 1.54) is 18.6 Å². The monoisotopic (exact) mass is 444 g/mol. The van der Waals surface area contributed by atoms with Gasteiger partial charge < -0.3 is 0 Å². The number of benzene rings is 2. The lowest BCUT2D eigenvalue weighted by molar-refractivity contribution is -0.0798. The minimum atomic E-state index is -5.07. The minimum Gasteiger partial charge on any atom is -0.206 e. The summed E-state index contributed by atoms with van der Waals surface area (Å²) < 4.78 is 93.7. The summed E-state index contributed by atoms with van der Waals surface area (Å²) in [5, 5.41) is 0. The van der Waals surface area contributed by atoms with Gasteiger partial charge in [-0.2, -0.15) is 13.2 Å². The zero-order valence-electron chi connectivity index (χ0n) is 17.0. The van der Waals surface area contributed by atoms with Gasteiger partial charge in [0.15, 0.2) is 0 Å². The van der Waals surface area contributed by atoms with Crippen molar-refractivity contribution >= 4 is 5.83 Å². The van der Waals surface area contributed by atoms with E-state index in [-0.39, 0.29) is 17.0 Å². The van der Waals surface area contributed by atoms with Crippen LogP contribution in [0.3, 0.4) is 0 Å². The Labute approximate surface area is 176 Å². The van der Waals surface area contributed by atoms with Crippen LogP contribution in [0, 0.1) is 23.4 Å². The van der Waals surface area contributed by atoms with Crippen LogP contribution in [0.25, 0.3) is 17.0 Å². The molecule has 0 bridgehead atoms. The first-order chi connectivity index (χ1) is 14.6. The average Bonchev–Trinajstić information content (AvgIpc) is 2.66. The molecule has 0 saturated heterocycles. The molecule has 1 saturated carbocycles. The highest BCUT2D eigenvalue weighted by molar-refractivity contribution is 5.69. The Hall–Kier alpha value is -2.31. The molecule has 31 heavy (non-hydrogen) atoms. The van der Waals surface area contributed by atoms with Crippen molar-refractivity contribution in [2.45, 2.75) is 57.5 Å². The summed E-state index contributed by atoms with van der Waals surface area (Å²) in [6, 6.07) is 5.72. The van der Waals surface area contributed by atoms with Gasteiger partial charge in [-0.1, -0.05) is 31.9 Å². The van der Waals surface area contributed by atoms with E-state index in [1.54, 1.807) is 6.07 Å². The van der Waals surface area contributed by atoms with Crippen molar-refractivity contribution in [2.75, 3.05) is 0 Å². The Morgan fingerprint density at radius 2 is 1.55 bits per heavy atom. The summed E-state index contributed by atoms with van der Waals surface area (Å²) in [5.41, 5.74) is -0.933. The first-order valence-electron chi connectivity index (χ1n) is 10.3. The van der Waals surface area contributed by atoms with E-state index < -0.39 is 41.1 Å². The number of rotatable bonds is 5. The average molecular weight is 444 g/mol. The molecular formula is C24H23F7. The highest BCUT2D eigenvalue weighted by Gasteiger charge is 2.28. The second-order valence-electron chi connectivity index (χ2n) is 8.09. The van der Waals surface area contributed by atoms with Crippen LogP contribution in [-0.4, -0.2) is 6.18 Å². The van der Waals surface area contributed by atoms with Crippen LogP contribution in [0.15, 0.2) is 36.4 Å². The van der Waals surface area contributed by atoms with E-state index in [9.17, 15) is 30.7 Å². The summed E-state index contributed by atoms with van der Waals surface area (Å²) in [4.78, 5) is 0. The van der Waals surface area contributed by atoms with Crippen molar-refractivity contribution < 1.29 is 30.7 Å². The third kappa shape index (κ3) is 5.69. The molecule has 0 spiro atoms. The Kier molecular flexibility index (Phi) is 7.12. The lowest BCUT2D eigenvalue weighted by Gasteiger charge is -2.28. The van der Waals surface area contributed by atoms with Gasteiger partial charge in [-0.3, -0.25) is 0 Å². The lowest BCUT2D eigenvalue weighted by atomic mass is 9.77. The van der Waals surface area contributed by atoms with Crippen LogP contribution in [0.5, 0.6) is 0 Å². The smallest absolute Gasteiger partial charge is 0.206 e. The van der Waals surface area contributed by atoms with E-state index >= 15 is 0 Å². The van der Waals surface area contributed by atoms with E-state index in [1.807, 2.05) is 0 Å². The fourth-order valence-electron chi connectivity index (χ4n) is 4.38. The number of hydrogen-bond acceptors (Lipinski definition) is 0. The normalized spacial score (nSPS) is 20.2. The molecule has 0 unspecified atom stereocenters. The maximum atomic E-state index is 14.8. The molecule has 0 N–H and O–H groups in total. The van der Waals surface area contributed by atoms with Crippen molar-refractivity contribution in [3.05, 3.63) is 65.0 Å². The minimum absolute atomic E-state index is 0.104. The largest absolute Gasteiger partial charge is 0.412 e. The van der Waals surface area contributed by atoms with E-state index in [0.717, 1.165) is 37.7 Å². The summed E-state index contributed by atoms with van der Waals surface area (Å²) >= 11 is 0. The zero-order valence-corrected chi connectivity index (χ0v) is 17.0. The van der Waals surface area contributed by atoms with Gasteiger partial charge in [-0.25, -0.2) is 17.6 Å². The van der Waals surface area contributed by atoms with Gasteiger partial charge in [0.2, 0.25) is 0 Å². The highest BCUT2D eigenvalue weighted by Crippen LogP contribution is 2.39. The maximum absolute atomic E-state index is 14.8. The SMILES string of the molecule is CCCC1CCC(c2ccc(-c3cc(F)c(C(F)=CC(F)(F)F)c(F)c3)c(F)c2)CC1. The van der Waals surface area contributed by atoms with Crippen molar-refractivity contribution in [3.63, 3.8) is 0 Å². The number of halogens is 7. The van der Waals surface area contributed by atoms with Crippen LogP contribution in [0.2, 0.25) is 0 Å². The number of hydrogen-bond donors (Lipinski definition) is 0. The zero-order chi connectivity index (χ0) is 22.8. The molecule has 0 aromatic heterocycles. The Morgan fingerprint density at radius 1 is 0.935 bits per heavy atom. The molecule has 0 atom stereocenters. The number of alkyl halides is 3. The van der Waals surface area contributed by atoms with Gasteiger partial charge in [0.05, 0.1) is 11.6 Å². The molecule has 2 aromatic rings. The summed E-state index contributed by atoms with van der Waals surface area (Å²) in [5.74, 6) is -4.93. The second-order valence-corrected chi connectivity index (χ2v) is 8.09. The molecule has 0 aliphatic heterocycles. The van der Waals surface area contributed by atoms with E-state index in [4.69, 9.17) is 0 Å². The number of allylic oxidation sites excluding steroid dienone is 1. The van der Waals surface area contributed by atoms with Crippen molar-refractivity contribution in [1.82, 2.24) is 0 Å². The summed E-state index contributed by atoms with van der Waals surface area (Å²) in [6.07, 6.45) is 0.496. The molecule has 7 heteroatoms. The van der Waals surface area contributed by atoms with Crippen LogP contribution in [0.1, 0.15) is 62.5 Å². The summed E-state index contributed by atoms with van der Waals surface area (Å²) in [6.45, 7) is 2.15. The molecule has 0 amide bonds. The molecule has 168 valence electrons. The van der Waals surface area contributed by atoms with Gasteiger partial charge in [0.25, 0.3) is 0 Å². The van der Waals surface area contributed by atoms with E-state index in [0.29, 0.717) is 18.1 Å². The van der Waals surface area contributed by atoms with E-state index in [2.05, 4.69) is 6.92 Å². The van der Waals surface area contributed by atoms with Gasteiger partial charge in [0, 0.05) is 5.56 Å². The predicted molar refractivity (Wildman–Crippen MR) is 106 cm³/mol. The molecule has 1 fully saturated rings. The maximum Gasteiger partial charge on any atom is 0.412 e. The van der Waals surface area contributed by atoms with Gasteiger partial charge in [-0.15, -0.1) is 0 Å². The molecule has 2 aromatic carbocycles. The molecule has 0 nitrogen and oxygen atoms in total. The van der Waals surface area contributed by atoms with Crippen LogP contribution < -0.4 is 0 Å². The van der Waals surface area contributed by atoms with Crippen molar-refractivity contribution in [1.29, 1.82) is 0 Å². The summed E-state index contributed by atoms with van der Waals surface area (Å²) in [7, 11) is 0. The fourth-order valence-corrected chi connectivity index (χ4v) is 4.38. The Balaban J connectivity index is 1.85. The van der Waals surface area contributed by atoms with Crippen molar-refractivity contribution in [2.24, 2.45) is 5.92 Å². The van der Waals surface area contributed by atoms with Crippen molar-refractivity contribution in [3.8, 4) is 11.1 Å². The fraction of sp³-hybridized carbons (Fsp3) is 0.417. The molecule has 0 heterocycles. The molecular weight excluding hydrogens is 421 g/mol. The predicted octanol–water partition coefficient (Wildman–Crippen LogP) is 8.72. The standard InChI is InChI=1S/C24H23F7/c1-2-3-14-4-6-15(7-5-14)16-8-9-18(19(25)10-16)17-11-20(26)23(21(27)12-17)22(28)13-24(29,30)31/h8-15H,2-7H2,1H3. The molecule has 1 aliphatic rings. The van der Waals surface area contributed by atoms with Gasteiger partial charge >= 0.3 is 6.18 Å². The topological polar surface area (TPSA) is 0 Å². The third-order valence-electron chi connectivity index (χ3n) is 5.89. The first-order valence-corrected chi connectivity index (χ1v) is 10.3.